The number of alkyl carbamates (subject to hydrolysis) is 2. The normalized spacial score (nSPS) is 21.6. The van der Waals surface area contributed by atoms with Gasteiger partial charge in [0.1, 0.15) is 48.7 Å². The molecule has 0 spiro atoms. The fraction of sp³-hybridized carbons (Fsp3) is 0.578. The van der Waals surface area contributed by atoms with Crippen LogP contribution in [0.1, 0.15) is 43.7 Å². The summed E-state index contributed by atoms with van der Waals surface area (Å²) in [7, 11) is 1.82. The minimum absolute atomic E-state index is 0.0583. The molecule has 5 heterocycles. The van der Waals surface area contributed by atoms with Crippen LogP contribution in [-0.2, 0) is 42.8 Å². The SMILES string of the molecule is CN1CCC(OC(=O)NC(=N)c2ccc(N3CC(COS(C)(=O)=O)OC3=O)cc2)CC1.COC(=O)C(C)N1CCN(CC2CN(c3ccc(C(=N)NC(=O)OC4CCN(C)CC4)cc3)C(=O)O2)CC1. The number of benzene rings is 2. The molecule has 4 N–H and O–H groups in total. The molecule has 3 unspecified atom stereocenters. The van der Waals surface area contributed by atoms with Crippen molar-refractivity contribution in [1.82, 2.24) is 30.2 Å². The lowest BCUT2D eigenvalue weighted by Crippen LogP contribution is -2.53. The van der Waals surface area contributed by atoms with Gasteiger partial charge in [-0.05, 0) is 95.2 Å². The predicted molar refractivity (Wildman–Crippen MR) is 252 cm³/mol. The number of esters is 1. The van der Waals surface area contributed by atoms with E-state index in [9.17, 15) is 32.4 Å². The van der Waals surface area contributed by atoms with Crippen LogP contribution in [0.25, 0.3) is 0 Å². The molecule has 0 saturated carbocycles. The number of hydrogen-bond donors (Lipinski definition) is 4. The number of hydrogen-bond acceptors (Lipinski definition) is 19. The van der Waals surface area contributed by atoms with Crippen LogP contribution in [-0.4, -0.2) is 207 Å². The standard InChI is InChI=1S/C26H38N6O6.C19H26N4O7S/c1-18(24(33)36-3)31-14-12-30(13-15-31)16-22-17-32(26(35)38-22)20-6-4-19(5-7-20)23(27)28-25(34)37-21-8-10-29(2)11-9-21;1-22-9-7-15(8-10-22)29-18(24)21-17(20)13-3-5-14(6-4-13)23-11-16(30-19(23)25)12-28-31(2,26)27/h4-7,18,21-22H,8-17H2,1-3H3,(H2,27,28,34);3-6,15-16H,7-12H2,1-2H3,(H2,20,21,24). The first-order chi connectivity index (χ1) is 32.8. The Morgan fingerprint density at radius 2 is 1.12 bits per heavy atom. The van der Waals surface area contributed by atoms with Crippen molar-refractivity contribution in [2.24, 2.45) is 0 Å². The molecule has 69 heavy (non-hydrogen) atoms. The number of cyclic esters (lactones) is 2. The van der Waals surface area contributed by atoms with E-state index in [0.717, 1.165) is 84.3 Å². The zero-order valence-corrected chi connectivity index (χ0v) is 40.5. The molecule has 2 aromatic carbocycles. The molecular formula is C45H64N10O13S. The summed E-state index contributed by atoms with van der Waals surface area (Å²) in [6, 6.07) is 13.0. The van der Waals surface area contributed by atoms with Crippen molar-refractivity contribution >= 4 is 63.5 Å². The highest BCUT2D eigenvalue weighted by Crippen LogP contribution is 2.25. The maximum absolute atomic E-state index is 12.6. The van der Waals surface area contributed by atoms with E-state index in [1.165, 1.54) is 12.0 Å². The second-order valence-corrected chi connectivity index (χ2v) is 19.3. The number of anilines is 2. The Hall–Kier alpha value is -5.92. The van der Waals surface area contributed by atoms with Crippen LogP contribution in [0, 0.1) is 10.8 Å². The smallest absolute Gasteiger partial charge is 0.414 e. The number of nitrogens with one attached hydrogen (secondary N) is 4. The van der Waals surface area contributed by atoms with Gasteiger partial charge in [-0.25, -0.2) is 19.2 Å². The monoisotopic (exact) mass is 984 g/mol. The molecule has 5 saturated heterocycles. The van der Waals surface area contributed by atoms with E-state index in [2.05, 4.69) is 34.4 Å². The topological polar surface area (TPSA) is 266 Å². The van der Waals surface area contributed by atoms with Gasteiger partial charge in [-0.2, -0.15) is 8.42 Å². The maximum Gasteiger partial charge on any atom is 0.414 e. The second kappa shape index (κ2) is 24.1. The van der Waals surface area contributed by atoms with Crippen molar-refractivity contribution in [3.63, 3.8) is 0 Å². The lowest BCUT2D eigenvalue weighted by molar-refractivity contribution is -0.147. The van der Waals surface area contributed by atoms with E-state index in [0.29, 0.717) is 35.6 Å². The minimum Gasteiger partial charge on any atom is -0.468 e. The molecule has 3 atom stereocenters. The van der Waals surface area contributed by atoms with Crippen molar-refractivity contribution in [2.75, 3.05) is 116 Å². The number of methoxy groups -OCH3 is 1. The molecule has 23 nitrogen and oxygen atoms in total. The van der Waals surface area contributed by atoms with Gasteiger partial charge in [0.2, 0.25) is 0 Å². The third-order valence-corrected chi connectivity index (χ3v) is 13.0. The molecule has 7 rings (SSSR count). The Kier molecular flexibility index (Phi) is 18.3. The number of nitrogens with zero attached hydrogens (tertiary/aromatic N) is 6. The molecule has 4 amide bonds. The molecular weight excluding hydrogens is 921 g/mol. The first-order valence-electron chi connectivity index (χ1n) is 22.9. The van der Waals surface area contributed by atoms with Crippen LogP contribution in [0.4, 0.5) is 30.6 Å². The molecule has 5 aliphatic heterocycles. The van der Waals surface area contributed by atoms with Gasteiger partial charge >= 0.3 is 30.3 Å². The fourth-order valence-electron chi connectivity index (χ4n) is 8.32. The number of amides is 4. The average Bonchev–Trinajstić information content (AvgIpc) is 3.89. The zero-order valence-electron chi connectivity index (χ0n) is 39.7. The highest BCUT2D eigenvalue weighted by molar-refractivity contribution is 7.86. The summed E-state index contributed by atoms with van der Waals surface area (Å²) in [6.45, 7) is 9.29. The lowest BCUT2D eigenvalue weighted by atomic mass is 10.1. The highest BCUT2D eigenvalue weighted by Gasteiger charge is 2.36. The summed E-state index contributed by atoms with van der Waals surface area (Å²) < 4.78 is 53.2. The Labute approximate surface area is 402 Å². The predicted octanol–water partition coefficient (Wildman–Crippen LogP) is 2.47. The summed E-state index contributed by atoms with van der Waals surface area (Å²) in [5.74, 6) is -0.409. The Bertz CT molecular complexity index is 2250. The summed E-state index contributed by atoms with van der Waals surface area (Å²) in [5.41, 5.74) is 2.13. The highest BCUT2D eigenvalue weighted by atomic mass is 32.2. The van der Waals surface area contributed by atoms with Crippen molar-refractivity contribution in [2.45, 2.75) is 63.1 Å². The third-order valence-electron chi connectivity index (χ3n) is 12.4. The van der Waals surface area contributed by atoms with Gasteiger partial charge in [0.25, 0.3) is 10.1 Å². The fourth-order valence-corrected chi connectivity index (χ4v) is 8.72. The van der Waals surface area contributed by atoms with E-state index in [1.807, 2.05) is 21.0 Å². The summed E-state index contributed by atoms with van der Waals surface area (Å²) in [5, 5.41) is 21.2. The van der Waals surface area contributed by atoms with Gasteiger partial charge in [0.15, 0.2) is 0 Å². The van der Waals surface area contributed by atoms with Crippen LogP contribution < -0.4 is 20.4 Å². The molecule has 0 radical (unpaired) electrons. The van der Waals surface area contributed by atoms with Gasteiger partial charge in [-0.15, -0.1) is 0 Å². The largest absolute Gasteiger partial charge is 0.468 e. The average molecular weight is 985 g/mol. The number of piperidine rings is 2. The lowest BCUT2D eigenvalue weighted by Gasteiger charge is -2.37. The molecule has 2 aromatic rings. The van der Waals surface area contributed by atoms with Gasteiger partial charge in [-0.1, -0.05) is 0 Å². The first-order valence-corrected chi connectivity index (χ1v) is 24.7. The second-order valence-electron chi connectivity index (χ2n) is 17.7. The van der Waals surface area contributed by atoms with Gasteiger partial charge in [-0.3, -0.25) is 50.0 Å². The molecule has 5 aliphatic rings. The maximum atomic E-state index is 12.6. The Balaban J connectivity index is 0.000000232. The van der Waals surface area contributed by atoms with Crippen molar-refractivity contribution in [1.29, 1.82) is 10.8 Å². The quantitative estimate of drug-likeness (QED) is 0.0738. The van der Waals surface area contributed by atoms with Gasteiger partial charge in [0.05, 0.1) is 26.5 Å². The van der Waals surface area contributed by atoms with Gasteiger partial charge < -0.3 is 33.5 Å². The van der Waals surface area contributed by atoms with Crippen molar-refractivity contribution < 1.29 is 60.3 Å². The van der Waals surface area contributed by atoms with E-state index in [1.54, 1.807) is 53.4 Å². The molecule has 0 aromatic heterocycles. The molecule has 5 fully saturated rings. The number of carbonyl (C=O) groups is 5. The summed E-state index contributed by atoms with van der Waals surface area (Å²) in [6.07, 6.45) is 0.413. The van der Waals surface area contributed by atoms with E-state index < -0.39 is 40.6 Å². The van der Waals surface area contributed by atoms with Crippen LogP contribution in [0.5, 0.6) is 0 Å². The molecule has 0 aliphatic carbocycles. The minimum atomic E-state index is -3.63. The summed E-state index contributed by atoms with van der Waals surface area (Å²) >= 11 is 0. The Morgan fingerprint density at radius 3 is 1.54 bits per heavy atom. The van der Waals surface area contributed by atoms with Crippen LogP contribution in [0.2, 0.25) is 0 Å². The summed E-state index contributed by atoms with van der Waals surface area (Å²) in [4.78, 5) is 72.3. The number of ether oxygens (including phenoxy) is 5. The molecule has 24 heteroatoms. The number of likely N-dealkylation sites (tertiary alicyclic amines) is 2. The first kappa shape index (κ1) is 52.5. The van der Waals surface area contributed by atoms with Gasteiger partial charge in [0, 0.05) is 81.4 Å². The van der Waals surface area contributed by atoms with Crippen LogP contribution in [0.3, 0.4) is 0 Å². The number of piperazine rings is 1. The zero-order chi connectivity index (χ0) is 49.8. The molecule has 0 bridgehead atoms. The third kappa shape index (κ3) is 15.5. The van der Waals surface area contributed by atoms with E-state index in [4.69, 9.17) is 34.5 Å². The Morgan fingerprint density at radius 1 is 0.696 bits per heavy atom. The number of amidine groups is 2. The molecule has 378 valence electrons. The number of carbonyl (C=O) groups excluding carboxylic acids is 5. The van der Waals surface area contributed by atoms with Crippen molar-refractivity contribution in [3.8, 4) is 0 Å². The van der Waals surface area contributed by atoms with E-state index in [-0.39, 0.29) is 55.1 Å². The van der Waals surface area contributed by atoms with Crippen molar-refractivity contribution in [3.05, 3.63) is 59.7 Å². The van der Waals surface area contributed by atoms with E-state index >= 15 is 0 Å². The van der Waals surface area contributed by atoms with Crippen LogP contribution in [0.15, 0.2) is 48.5 Å². The number of rotatable bonds is 13. The van der Waals surface area contributed by atoms with Crippen LogP contribution >= 0.6 is 0 Å².